The molecule has 0 saturated heterocycles. The normalized spacial score (nSPS) is 11.4. The van der Waals surface area contributed by atoms with Crippen molar-refractivity contribution in [2.75, 3.05) is 0 Å². The zero-order chi connectivity index (χ0) is 10.7. The Kier molecular flexibility index (Phi) is 12.7. The Labute approximate surface area is 84.1 Å². The van der Waals surface area contributed by atoms with E-state index in [1.165, 1.54) is 5.57 Å². The Morgan fingerprint density at radius 2 is 1.85 bits per heavy atom. The molecule has 0 aromatic carbocycles. The fraction of sp³-hybridized carbons (Fsp3) is 0.538. The summed E-state index contributed by atoms with van der Waals surface area (Å²) in [6.07, 6.45) is 9.25. The van der Waals surface area contributed by atoms with Crippen molar-refractivity contribution in [3.63, 3.8) is 0 Å². The fourth-order valence-electron chi connectivity index (χ4n) is 0.911. The van der Waals surface area contributed by atoms with Crippen LogP contribution in [0.5, 0.6) is 0 Å². The number of hydrogen-bond acceptors (Lipinski definition) is 0. The predicted molar refractivity (Wildman–Crippen MR) is 63.9 cm³/mol. The maximum absolute atomic E-state index is 3.76. The molecule has 0 radical (unpaired) electrons. The minimum absolute atomic E-state index is 0.713. The Balaban J connectivity index is 0. The Morgan fingerprint density at radius 1 is 1.31 bits per heavy atom. The molecule has 0 heterocycles. The summed E-state index contributed by atoms with van der Waals surface area (Å²) in [5.41, 5.74) is 1.32. The summed E-state index contributed by atoms with van der Waals surface area (Å²) in [7, 11) is 0. The van der Waals surface area contributed by atoms with Gasteiger partial charge < -0.3 is 0 Å². The summed E-state index contributed by atoms with van der Waals surface area (Å²) in [6.45, 7) is 14.2. The molecule has 0 unspecified atom stereocenters. The van der Waals surface area contributed by atoms with Gasteiger partial charge in [0, 0.05) is 0 Å². The molecule has 0 nitrogen and oxygen atoms in total. The zero-order valence-corrected chi connectivity index (χ0v) is 9.80. The SMILES string of the molecule is C=C/C(=C\C=C/C)CC(C)C.CC. The van der Waals surface area contributed by atoms with E-state index in [1.807, 2.05) is 32.9 Å². The molecule has 13 heavy (non-hydrogen) atoms. The second-order valence-electron chi connectivity index (χ2n) is 3.07. The summed E-state index contributed by atoms with van der Waals surface area (Å²) in [5, 5.41) is 0. The highest BCUT2D eigenvalue weighted by Crippen LogP contribution is 2.11. The van der Waals surface area contributed by atoms with Gasteiger partial charge >= 0.3 is 0 Å². The Bertz CT molecular complexity index is 159. The van der Waals surface area contributed by atoms with Gasteiger partial charge in [0.1, 0.15) is 0 Å². The molecular weight excluding hydrogens is 156 g/mol. The van der Waals surface area contributed by atoms with Crippen LogP contribution in [0.15, 0.2) is 36.5 Å². The van der Waals surface area contributed by atoms with Crippen LogP contribution in [-0.4, -0.2) is 0 Å². The topological polar surface area (TPSA) is 0 Å². The molecule has 0 bridgehead atoms. The number of rotatable bonds is 4. The molecule has 0 heteroatoms. The van der Waals surface area contributed by atoms with E-state index in [1.54, 1.807) is 0 Å². The van der Waals surface area contributed by atoms with E-state index in [-0.39, 0.29) is 0 Å². The highest BCUT2D eigenvalue weighted by atomic mass is 14.0. The monoisotopic (exact) mass is 180 g/mol. The third-order valence-electron chi connectivity index (χ3n) is 1.41. The maximum atomic E-state index is 3.76. The first-order valence-electron chi connectivity index (χ1n) is 5.15. The van der Waals surface area contributed by atoms with Gasteiger partial charge in [0.2, 0.25) is 0 Å². The third-order valence-corrected chi connectivity index (χ3v) is 1.41. The van der Waals surface area contributed by atoms with Crippen molar-refractivity contribution in [2.24, 2.45) is 5.92 Å². The van der Waals surface area contributed by atoms with E-state index >= 15 is 0 Å². The largest absolute Gasteiger partial charge is 0.0988 e. The Morgan fingerprint density at radius 3 is 2.15 bits per heavy atom. The summed E-state index contributed by atoms with van der Waals surface area (Å²) in [5.74, 6) is 0.713. The number of allylic oxidation sites excluding steroid dienone is 5. The van der Waals surface area contributed by atoms with Gasteiger partial charge in [-0.2, -0.15) is 0 Å². The van der Waals surface area contributed by atoms with E-state index in [9.17, 15) is 0 Å². The van der Waals surface area contributed by atoms with E-state index in [2.05, 4.69) is 32.6 Å². The molecule has 0 fully saturated rings. The van der Waals surface area contributed by atoms with E-state index in [0.717, 1.165) is 6.42 Å². The van der Waals surface area contributed by atoms with Gasteiger partial charge in [-0.15, -0.1) is 0 Å². The quantitative estimate of drug-likeness (QED) is 0.548. The molecule has 0 amide bonds. The second-order valence-corrected chi connectivity index (χ2v) is 3.07. The standard InChI is InChI=1S/C11H18.C2H6/c1-5-7-8-11(6-2)9-10(3)4;1-2/h5-8,10H,2,9H2,1,3-4H3;1-2H3/b7-5-,11-8+;. The summed E-state index contributed by atoms with van der Waals surface area (Å²) in [6, 6.07) is 0. The van der Waals surface area contributed by atoms with E-state index in [4.69, 9.17) is 0 Å². The molecular formula is C13H24. The predicted octanol–water partition coefficient (Wildman–Crippen LogP) is 4.75. The molecule has 0 aliphatic heterocycles. The molecule has 0 aromatic heterocycles. The molecule has 0 rings (SSSR count). The van der Waals surface area contributed by atoms with E-state index in [0.29, 0.717) is 5.92 Å². The third kappa shape index (κ3) is 11.2. The molecule has 0 saturated carbocycles. The Hall–Kier alpha value is -0.780. The van der Waals surface area contributed by atoms with Crippen molar-refractivity contribution in [3.05, 3.63) is 36.5 Å². The molecule has 0 N–H and O–H groups in total. The highest BCUT2D eigenvalue weighted by Gasteiger charge is 1.94. The lowest BCUT2D eigenvalue weighted by Gasteiger charge is -2.03. The minimum Gasteiger partial charge on any atom is -0.0988 e. The first-order valence-corrected chi connectivity index (χ1v) is 5.15. The van der Waals surface area contributed by atoms with Crippen LogP contribution >= 0.6 is 0 Å². The molecule has 0 atom stereocenters. The number of hydrogen-bond donors (Lipinski definition) is 0. The summed E-state index contributed by atoms with van der Waals surface area (Å²) >= 11 is 0. The van der Waals surface area contributed by atoms with Crippen LogP contribution < -0.4 is 0 Å². The molecule has 0 aliphatic carbocycles. The van der Waals surface area contributed by atoms with Gasteiger partial charge in [0.25, 0.3) is 0 Å². The molecule has 0 aromatic rings. The van der Waals surface area contributed by atoms with Crippen LogP contribution in [0.25, 0.3) is 0 Å². The maximum Gasteiger partial charge on any atom is -0.0256 e. The van der Waals surface area contributed by atoms with Crippen LogP contribution in [0.1, 0.15) is 41.0 Å². The highest BCUT2D eigenvalue weighted by molar-refractivity contribution is 5.21. The van der Waals surface area contributed by atoms with Crippen molar-refractivity contribution in [3.8, 4) is 0 Å². The smallest absolute Gasteiger partial charge is 0.0256 e. The van der Waals surface area contributed by atoms with Gasteiger partial charge in [-0.1, -0.05) is 58.6 Å². The average Bonchev–Trinajstić information content (AvgIpc) is 2.15. The molecule has 0 spiro atoms. The summed E-state index contributed by atoms with van der Waals surface area (Å²) < 4.78 is 0. The fourth-order valence-corrected chi connectivity index (χ4v) is 0.911. The molecule has 0 aliphatic rings. The van der Waals surface area contributed by atoms with Crippen LogP contribution in [0.2, 0.25) is 0 Å². The van der Waals surface area contributed by atoms with Crippen LogP contribution in [0.3, 0.4) is 0 Å². The van der Waals surface area contributed by atoms with Gasteiger partial charge in [0.05, 0.1) is 0 Å². The first-order chi connectivity index (χ1) is 6.20. The lowest BCUT2D eigenvalue weighted by Crippen LogP contribution is -1.87. The van der Waals surface area contributed by atoms with Gasteiger partial charge in [0.15, 0.2) is 0 Å². The van der Waals surface area contributed by atoms with Crippen molar-refractivity contribution < 1.29 is 0 Å². The van der Waals surface area contributed by atoms with Crippen LogP contribution in [0, 0.1) is 5.92 Å². The van der Waals surface area contributed by atoms with Gasteiger partial charge in [-0.3, -0.25) is 0 Å². The van der Waals surface area contributed by atoms with Crippen molar-refractivity contribution in [1.82, 2.24) is 0 Å². The zero-order valence-electron chi connectivity index (χ0n) is 9.80. The first kappa shape index (κ1) is 14.7. The van der Waals surface area contributed by atoms with E-state index < -0.39 is 0 Å². The van der Waals surface area contributed by atoms with Crippen LogP contribution in [-0.2, 0) is 0 Å². The van der Waals surface area contributed by atoms with Gasteiger partial charge in [-0.05, 0) is 24.8 Å². The lowest BCUT2D eigenvalue weighted by molar-refractivity contribution is 0.650. The molecule has 76 valence electrons. The lowest BCUT2D eigenvalue weighted by atomic mass is 10.0. The van der Waals surface area contributed by atoms with Gasteiger partial charge in [-0.25, -0.2) is 0 Å². The van der Waals surface area contributed by atoms with Crippen LogP contribution in [0.4, 0.5) is 0 Å². The minimum atomic E-state index is 0.713. The van der Waals surface area contributed by atoms with Crippen molar-refractivity contribution in [2.45, 2.75) is 41.0 Å². The van der Waals surface area contributed by atoms with Crippen molar-refractivity contribution in [1.29, 1.82) is 0 Å². The second kappa shape index (κ2) is 11.2. The summed E-state index contributed by atoms with van der Waals surface area (Å²) in [4.78, 5) is 0. The average molecular weight is 180 g/mol. The van der Waals surface area contributed by atoms with Crippen molar-refractivity contribution >= 4 is 0 Å².